The average molecular weight is 230 g/mol. The molecule has 0 aromatic heterocycles. The molecule has 0 bridgehead atoms. The third-order valence-electron chi connectivity index (χ3n) is 0.778. The fraction of sp³-hybridized carbons (Fsp3) is 1.00. The van der Waals surface area contributed by atoms with Crippen molar-refractivity contribution in [1.82, 2.24) is 0 Å². The van der Waals surface area contributed by atoms with Gasteiger partial charge in [0, 0.05) is 6.92 Å². The maximum atomic E-state index is 11.9. The number of hydrogen-bond acceptors (Lipinski definition) is 3. The van der Waals surface area contributed by atoms with E-state index in [4.69, 9.17) is 9.11 Å². The van der Waals surface area contributed by atoms with Crippen LogP contribution in [-0.4, -0.2) is 27.1 Å². The number of hydrogen-bond donors (Lipinski definition) is 2. The Labute approximate surface area is 72.0 Å². The van der Waals surface area contributed by atoms with Gasteiger partial charge in [0.1, 0.15) is 6.61 Å². The molecule has 0 saturated carbocycles. The predicted molar refractivity (Wildman–Crippen MR) is 35.5 cm³/mol. The summed E-state index contributed by atoms with van der Waals surface area (Å²) >= 11 is 0. The molecule has 0 radical (unpaired) electrons. The second-order valence-corrected chi connectivity index (χ2v) is 3.97. The molecule has 3 nitrogen and oxygen atoms in total. The summed E-state index contributed by atoms with van der Waals surface area (Å²) in [5, 5.41) is 0. The van der Waals surface area contributed by atoms with E-state index in [0.29, 0.717) is 6.92 Å². The van der Waals surface area contributed by atoms with Gasteiger partial charge in [-0.25, -0.2) is 8.78 Å². The summed E-state index contributed by atoms with van der Waals surface area (Å²) in [5.74, 6) is -3.55. The van der Waals surface area contributed by atoms with Crippen LogP contribution in [0.4, 0.5) is 22.0 Å². The summed E-state index contributed by atoms with van der Waals surface area (Å²) in [7, 11) is -5.41. The van der Waals surface area contributed by atoms with E-state index in [9.17, 15) is 22.0 Å². The Morgan fingerprint density at radius 1 is 1.15 bits per heavy atom. The zero-order valence-corrected chi connectivity index (χ0v) is 7.12. The van der Waals surface area contributed by atoms with Gasteiger partial charge >= 0.3 is 5.51 Å². The lowest BCUT2D eigenvalue weighted by molar-refractivity contribution is -0.0801. The number of halogens is 5. The lowest BCUT2D eigenvalue weighted by Crippen LogP contribution is -2.27. The lowest BCUT2D eigenvalue weighted by atomic mass is 10.4. The first-order valence-corrected chi connectivity index (χ1v) is 4.29. The Kier molecular flexibility index (Phi) is 3.53. The van der Waals surface area contributed by atoms with Crippen LogP contribution in [-0.2, 0) is 4.18 Å². The molecule has 0 aromatic rings. The maximum Gasteiger partial charge on any atom is 0.493 e. The molecule has 0 aliphatic rings. The Bertz CT molecular complexity index is 174. The Morgan fingerprint density at radius 2 is 1.54 bits per heavy atom. The monoisotopic (exact) mass is 230 g/mol. The van der Waals surface area contributed by atoms with Crippen LogP contribution in [0.2, 0.25) is 0 Å². The van der Waals surface area contributed by atoms with Gasteiger partial charge in [-0.05, 0) is 0 Å². The van der Waals surface area contributed by atoms with Crippen molar-refractivity contribution in [3.63, 3.8) is 0 Å². The molecule has 0 heterocycles. The van der Waals surface area contributed by atoms with Crippen LogP contribution in [0, 0.1) is 0 Å². The zero-order chi connectivity index (χ0) is 10.9. The Morgan fingerprint density at radius 3 is 1.77 bits per heavy atom. The quantitative estimate of drug-likeness (QED) is 0.733. The van der Waals surface area contributed by atoms with Gasteiger partial charge in [-0.1, -0.05) is 0 Å². The molecule has 0 rings (SSSR count). The van der Waals surface area contributed by atoms with Crippen molar-refractivity contribution in [2.75, 3.05) is 6.61 Å². The van der Waals surface area contributed by atoms with Crippen molar-refractivity contribution < 1.29 is 35.2 Å². The van der Waals surface area contributed by atoms with Gasteiger partial charge in [0.25, 0.3) is 5.92 Å². The fourth-order valence-corrected chi connectivity index (χ4v) is 0.757. The van der Waals surface area contributed by atoms with Gasteiger partial charge in [0.05, 0.1) is 0 Å². The smallest absolute Gasteiger partial charge is 0.301 e. The maximum absolute atomic E-state index is 11.9. The predicted octanol–water partition coefficient (Wildman–Crippen LogP) is 2.84. The second-order valence-electron chi connectivity index (χ2n) is 2.27. The van der Waals surface area contributed by atoms with E-state index in [2.05, 4.69) is 4.18 Å². The van der Waals surface area contributed by atoms with Gasteiger partial charge < -0.3 is 9.11 Å². The molecule has 0 saturated heterocycles. The largest absolute Gasteiger partial charge is 0.493 e. The van der Waals surface area contributed by atoms with Crippen LogP contribution in [0.5, 0.6) is 0 Å². The molecule has 82 valence electrons. The van der Waals surface area contributed by atoms with Gasteiger partial charge in [0.15, 0.2) is 10.9 Å². The van der Waals surface area contributed by atoms with Crippen LogP contribution in [0.1, 0.15) is 6.92 Å². The highest BCUT2D eigenvalue weighted by Gasteiger charge is 2.51. The summed E-state index contributed by atoms with van der Waals surface area (Å²) in [6, 6.07) is 0. The minimum atomic E-state index is -5.45. The van der Waals surface area contributed by atoms with Crippen molar-refractivity contribution in [2.45, 2.75) is 18.4 Å². The first-order valence-electron chi connectivity index (χ1n) is 2.82. The lowest BCUT2D eigenvalue weighted by Gasteiger charge is -2.28. The van der Waals surface area contributed by atoms with Gasteiger partial charge in [-0.3, -0.25) is 4.18 Å². The summed E-state index contributed by atoms with van der Waals surface area (Å²) in [6.07, 6.45) is 0. The molecule has 0 aliphatic carbocycles. The second kappa shape index (κ2) is 3.56. The van der Waals surface area contributed by atoms with Crippen molar-refractivity contribution in [3.05, 3.63) is 0 Å². The van der Waals surface area contributed by atoms with E-state index < -0.39 is 28.9 Å². The Hall–Kier alpha value is -0.120. The zero-order valence-electron chi connectivity index (χ0n) is 6.31. The van der Waals surface area contributed by atoms with E-state index in [1.54, 1.807) is 0 Å². The first kappa shape index (κ1) is 12.9. The van der Waals surface area contributed by atoms with E-state index in [1.165, 1.54) is 0 Å². The first-order chi connectivity index (χ1) is 5.46. The molecule has 9 heteroatoms. The molecule has 0 aliphatic heterocycles. The highest BCUT2D eigenvalue weighted by Crippen LogP contribution is 2.56. The SMILES string of the molecule is CC(F)(F)COS(O)(O)C(F)(F)F. The van der Waals surface area contributed by atoms with Gasteiger partial charge in [-0.15, -0.1) is 0 Å². The van der Waals surface area contributed by atoms with E-state index in [0.717, 1.165) is 0 Å². The highest BCUT2D eigenvalue weighted by atomic mass is 32.3. The van der Waals surface area contributed by atoms with Crippen LogP contribution in [0.15, 0.2) is 0 Å². The number of rotatable bonds is 3. The number of alkyl halides is 5. The van der Waals surface area contributed by atoms with Crippen LogP contribution in [0.25, 0.3) is 0 Å². The summed E-state index contributed by atoms with van der Waals surface area (Å²) < 4.78 is 78.2. The molecular formula is C4H7F5O3S. The van der Waals surface area contributed by atoms with Crippen LogP contribution >= 0.6 is 10.9 Å². The summed E-state index contributed by atoms with van der Waals surface area (Å²) in [6.45, 7) is -1.41. The highest BCUT2D eigenvalue weighted by molar-refractivity contribution is 8.20. The summed E-state index contributed by atoms with van der Waals surface area (Å²) in [5.41, 5.74) is -5.45. The Balaban J connectivity index is 4.21. The van der Waals surface area contributed by atoms with Gasteiger partial charge in [-0.2, -0.15) is 13.2 Å². The molecule has 0 unspecified atom stereocenters. The molecule has 2 N–H and O–H groups in total. The molecular weight excluding hydrogens is 223 g/mol. The van der Waals surface area contributed by atoms with Crippen molar-refractivity contribution in [2.24, 2.45) is 0 Å². The minimum Gasteiger partial charge on any atom is -0.301 e. The third-order valence-corrected chi connectivity index (χ3v) is 1.83. The minimum absolute atomic E-state index is 0.291. The van der Waals surface area contributed by atoms with Crippen molar-refractivity contribution >= 4 is 10.9 Å². The molecule has 0 amide bonds. The molecule has 0 fully saturated rings. The fourth-order valence-electron chi connectivity index (χ4n) is 0.252. The molecule has 0 atom stereocenters. The van der Waals surface area contributed by atoms with Crippen LogP contribution in [0.3, 0.4) is 0 Å². The normalized spacial score (nSPS) is 16.0. The molecule has 13 heavy (non-hydrogen) atoms. The average Bonchev–Trinajstić information content (AvgIpc) is 1.79. The van der Waals surface area contributed by atoms with E-state index in [1.807, 2.05) is 0 Å². The van der Waals surface area contributed by atoms with Crippen molar-refractivity contribution in [1.29, 1.82) is 0 Å². The molecule has 0 aromatic carbocycles. The third kappa shape index (κ3) is 4.60. The topological polar surface area (TPSA) is 49.7 Å². The standard InChI is InChI=1S/C4H7F5O3S/c1-3(5,6)2-12-13(10,11)4(7,8)9/h10-11H,2H2,1H3. The summed E-state index contributed by atoms with van der Waals surface area (Å²) in [4.78, 5) is 0. The van der Waals surface area contributed by atoms with Gasteiger partial charge in [0.2, 0.25) is 0 Å². The van der Waals surface area contributed by atoms with E-state index in [-0.39, 0.29) is 0 Å². The molecule has 0 spiro atoms. The van der Waals surface area contributed by atoms with E-state index >= 15 is 0 Å². The van der Waals surface area contributed by atoms with Crippen LogP contribution < -0.4 is 0 Å². The van der Waals surface area contributed by atoms with Crippen molar-refractivity contribution in [3.8, 4) is 0 Å².